The van der Waals surface area contributed by atoms with Crippen LogP contribution < -0.4 is 5.73 Å². The molecule has 2 aliphatic rings. The molecular weight excluding hydrogens is 302 g/mol. The van der Waals surface area contributed by atoms with Crippen molar-refractivity contribution in [3.8, 4) is 6.07 Å². The Bertz CT molecular complexity index is 623. The zero-order valence-corrected chi connectivity index (χ0v) is 14.8. The van der Waals surface area contributed by atoms with Crippen LogP contribution in [0.4, 0.5) is 0 Å². The summed E-state index contributed by atoms with van der Waals surface area (Å²) in [5, 5.41) is 9.22. The molecule has 1 heterocycles. The van der Waals surface area contributed by atoms with Gasteiger partial charge in [-0.15, -0.1) is 0 Å². The number of nitriles is 1. The number of hydrogen-bond donors (Lipinski definition) is 1. The fourth-order valence-corrected chi connectivity index (χ4v) is 3.00. The lowest BCUT2D eigenvalue weighted by Crippen LogP contribution is -2.34. The van der Waals surface area contributed by atoms with Gasteiger partial charge in [0.25, 0.3) is 0 Å². The van der Waals surface area contributed by atoms with Crippen LogP contribution in [-0.2, 0) is 9.53 Å². The molecule has 0 saturated carbocycles. The van der Waals surface area contributed by atoms with E-state index in [1.54, 1.807) is 6.08 Å². The number of Topliss-reactive ketones (excluding diaryl/α,β-unsaturated/α-hetero) is 1. The Morgan fingerprint density at radius 1 is 1.50 bits per heavy atom. The number of hydrogen-bond acceptors (Lipinski definition) is 5. The molecule has 0 spiro atoms. The number of allylic oxidation sites excluding steroid dienone is 2. The first-order chi connectivity index (χ1) is 11.5. The van der Waals surface area contributed by atoms with Gasteiger partial charge in [-0.25, -0.2) is 0 Å². The zero-order valence-electron chi connectivity index (χ0n) is 14.8. The number of ether oxygens (including phenoxy) is 1. The Hall–Kier alpha value is -2.06. The van der Waals surface area contributed by atoms with Crippen LogP contribution in [0.2, 0.25) is 0 Å². The molecule has 0 fully saturated rings. The van der Waals surface area contributed by atoms with E-state index in [9.17, 15) is 10.1 Å². The summed E-state index contributed by atoms with van der Waals surface area (Å²) < 4.78 is 6.06. The normalized spacial score (nSPS) is 20.6. The average molecular weight is 329 g/mol. The number of nitrogens with zero attached hydrogens (tertiary/aromatic N) is 2. The molecule has 5 nitrogen and oxygen atoms in total. The second kappa shape index (κ2) is 8.16. The number of unbranched alkanes of at least 4 members (excludes halogenated alkanes) is 1. The van der Waals surface area contributed by atoms with Crippen molar-refractivity contribution in [2.24, 2.45) is 17.6 Å². The second-order valence-corrected chi connectivity index (χ2v) is 6.71. The van der Waals surface area contributed by atoms with Crippen LogP contribution >= 0.6 is 0 Å². The summed E-state index contributed by atoms with van der Waals surface area (Å²) >= 11 is 0. The van der Waals surface area contributed by atoms with E-state index < -0.39 is 5.92 Å². The summed E-state index contributed by atoms with van der Waals surface area (Å²) in [4.78, 5) is 14.2. The van der Waals surface area contributed by atoms with E-state index in [1.807, 2.05) is 6.20 Å². The van der Waals surface area contributed by atoms with Gasteiger partial charge in [-0.05, 0) is 24.0 Å². The largest absolute Gasteiger partial charge is 0.491 e. The molecule has 1 atom stereocenters. The molecule has 0 saturated heterocycles. The quantitative estimate of drug-likeness (QED) is 0.727. The Morgan fingerprint density at radius 3 is 2.83 bits per heavy atom. The monoisotopic (exact) mass is 329 g/mol. The molecule has 0 radical (unpaired) electrons. The third kappa shape index (κ3) is 3.88. The van der Waals surface area contributed by atoms with E-state index >= 15 is 0 Å². The van der Waals surface area contributed by atoms with Crippen molar-refractivity contribution in [3.63, 3.8) is 0 Å². The van der Waals surface area contributed by atoms with Crippen LogP contribution in [0.25, 0.3) is 0 Å². The maximum Gasteiger partial charge on any atom is 0.158 e. The molecule has 0 aromatic heterocycles. The van der Waals surface area contributed by atoms with E-state index in [4.69, 9.17) is 10.5 Å². The van der Waals surface area contributed by atoms with E-state index in [2.05, 4.69) is 31.7 Å². The molecule has 130 valence electrons. The highest BCUT2D eigenvalue weighted by Gasteiger charge is 2.33. The first kappa shape index (κ1) is 18.3. The van der Waals surface area contributed by atoms with Crippen LogP contribution in [0.5, 0.6) is 0 Å². The van der Waals surface area contributed by atoms with Crippen LogP contribution in [0.15, 0.2) is 34.9 Å². The second-order valence-electron chi connectivity index (χ2n) is 6.71. The highest BCUT2D eigenvalue weighted by atomic mass is 16.5. The Balaban J connectivity index is 2.45. The summed E-state index contributed by atoms with van der Waals surface area (Å²) in [6.07, 6.45) is 6.02. The van der Waals surface area contributed by atoms with E-state index in [0.29, 0.717) is 19.1 Å². The molecule has 0 aromatic carbocycles. The van der Waals surface area contributed by atoms with Crippen LogP contribution in [0, 0.1) is 23.2 Å². The summed E-state index contributed by atoms with van der Waals surface area (Å²) in [6, 6.07) is 2.07. The highest BCUT2D eigenvalue weighted by molar-refractivity contribution is 5.91. The molecule has 0 bridgehead atoms. The summed E-state index contributed by atoms with van der Waals surface area (Å²) in [7, 11) is 0. The van der Waals surface area contributed by atoms with E-state index in [-0.39, 0.29) is 12.2 Å². The average Bonchev–Trinajstić information content (AvgIpc) is 2.53. The van der Waals surface area contributed by atoms with E-state index in [1.165, 1.54) is 0 Å². The fourth-order valence-electron chi connectivity index (χ4n) is 3.00. The molecule has 24 heavy (non-hydrogen) atoms. The predicted octanol–water partition coefficient (Wildman–Crippen LogP) is 2.87. The molecule has 2 N–H and O–H groups in total. The van der Waals surface area contributed by atoms with Crippen molar-refractivity contribution in [2.45, 2.75) is 40.0 Å². The van der Waals surface area contributed by atoms with Crippen molar-refractivity contribution in [1.29, 1.82) is 5.26 Å². The molecule has 5 heteroatoms. The minimum atomic E-state index is -0.697. The molecule has 1 unspecified atom stereocenters. The minimum absolute atomic E-state index is 0.0545. The maximum atomic E-state index is 12.1. The summed E-state index contributed by atoms with van der Waals surface area (Å²) in [5.41, 5.74) is 8.74. The lowest BCUT2D eigenvalue weighted by molar-refractivity contribution is -0.119. The molecule has 0 amide bonds. The van der Waals surface area contributed by atoms with Crippen molar-refractivity contribution in [1.82, 2.24) is 4.90 Å². The summed E-state index contributed by atoms with van der Waals surface area (Å²) in [6.45, 7) is 8.20. The van der Waals surface area contributed by atoms with E-state index in [0.717, 1.165) is 42.0 Å². The van der Waals surface area contributed by atoms with Gasteiger partial charge in [-0.1, -0.05) is 27.2 Å². The maximum absolute atomic E-state index is 12.1. The Labute approximate surface area is 144 Å². The first-order valence-electron chi connectivity index (χ1n) is 8.70. The smallest absolute Gasteiger partial charge is 0.158 e. The van der Waals surface area contributed by atoms with Gasteiger partial charge in [0.2, 0.25) is 0 Å². The molecule has 2 rings (SSSR count). The number of rotatable bonds is 7. The molecule has 0 aromatic rings. The first-order valence-corrected chi connectivity index (χ1v) is 8.70. The standard InChI is InChI=1S/C19H27N3O2/c1-4-5-6-24-19-16-7-14(9-20)18(23)8-15(16)12-22(11-13(2)3)17(19)10-21/h7,12-14H,4-6,8,10-11,21H2,1-3H3. The number of carbonyl (C=O) groups excluding carboxylic acids is 1. The number of ketones is 1. The zero-order chi connectivity index (χ0) is 17.7. The predicted molar refractivity (Wildman–Crippen MR) is 93.4 cm³/mol. The van der Waals surface area contributed by atoms with Gasteiger partial charge in [-0.3, -0.25) is 4.79 Å². The Kier molecular flexibility index (Phi) is 6.22. The Morgan fingerprint density at radius 2 is 2.25 bits per heavy atom. The fraction of sp³-hybridized carbons (Fsp3) is 0.579. The third-order valence-corrected chi connectivity index (χ3v) is 4.19. The molecular formula is C19H27N3O2. The van der Waals surface area contributed by atoms with Crippen molar-refractivity contribution in [3.05, 3.63) is 34.9 Å². The van der Waals surface area contributed by atoms with Gasteiger partial charge in [0.15, 0.2) is 5.78 Å². The van der Waals surface area contributed by atoms with Gasteiger partial charge in [0.05, 0.1) is 18.4 Å². The SMILES string of the molecule is CCCCOC1=C(CN)N(CC(C)C)C=C2CC(=O)C(C#N)C=C21. The van der Waals surface area contributed by atoms with Crippen molar-refractivity contribution in [2.75, 3.05) is 19.7 Å². The van der Waals surface area contributed by atoms with Gasteiger partial charge in [-0.2, -0.15) is 5.26 Å². The highest BCUT2D eigenvalue weighted by Crippen LogP contribution is 2.37. The van der Waals surface area contributed by atoms with Gasteiger partial charge in [0.1, 0.15) is 11.7 Å². The van der Waals surface area contributed by atoms with Crippen molar-refractivity contribution < 1.29 is 9.53 Å². The number of nitrogens with two attached hydrogens (primary N) is 1. The number of fused-ring (bicyclic) bond motifs is 1. The van der Waals surface area contributed by atoms with Crippen LogP contribution in [0.3, 0.4) is 0 Å². The van der Waals surface area contributed by atoms with Gasteiger partial charge in [0, 0.05) is 31.3 Å². The lowest BCUT2D eigenvalue weighted by Gasteiger charge is -2.35. The van der Waals surface area contributed by atoms with Gasteiger partial charge < -0.3 is 15.4 Å². The summed E-state index contributed by atoms with van der Waals surface area (Å²) in [5.74, 6) is 0.451. The molecule has 1 aliphatic carbocycles. The lowest BCUT2D eigenvalue weighted by atomic mass is 9.83. The number of carbonyl (C=O) groups is 1. The minimum Gasteiger partial charge on any atom is -0.491 e. The van der Waals surface area contributed by atoms with Gasteiger partial charge >= 0.3 is 0 Å². The topological polar surface area (TPSA) is 79.3 Å². The third-order valence-electron chi connectivity index (χ3n) is 4.19. The molecule has 1 aliphatic heterocycles. The van der Waals surface area contributed by atoms with Crippen LogP contribution in [0.1, 0.15) is 40.0 Å². The van der Waals surface area contributed by atoms with Crippen LogP contribution in [-0.4, -0.2) is 30.4 Å². The van der Waals surface area contributed by atoms with Crippen molar-refractivity contribution >= 4 is 5.78 Å².